The summed E-state index contributed by atoms with van der Waals surface area (Å²) < 4.78 is 11.8. The molecule has 2 heteroatoms. The average molecular weight is 282 g/mol. The van der Waals surface area contributed by atoms with E-state index in [-0.39, 0.29) is 0 Å². The van der Waals surface area contributed by atoms with E-state index in [0.717, 1.165) is 19.1 Å². The lowest BCUT2D eigenvalue weighted by Gasteiger charge is -2.30. The van der Waals surface area contributed by atoms with E-state index in [2.05, 4.69) is 34.6 Å². The van der Waals surface area contributed by atoms with E-state index in [1.54, 1.807) is 0 Å². The molecule has 0 aromatic carbocycles. The molecule has 2 rings (SSSR count). The first-order chi connectivity index (χ1) is 9.23. The van der Waals surface area contributed by atoms with Crippen LogP contribution in [0, 0.1) is 16.7 Å². The highest BCUT2D eigenvalue weighted by Gasteiger charge is 2.34. The molecule has 0 aromatic rings. The average Bonchev–Trinajstić information content (AvgIpc) is 2.87. The molecule has 0 radical (unpaired) electrons. The Morgan fingerprint density at radius 3 is 2.05 bits per heavy atom. The predicted molar refractivity (Wildman–Crippen MR) is 83.9 cm³/mol. The highest BCUT2D eigenvalue weighted by molar-refractivity contribution is 4.84. The fourth-order valence-corrected chi connectivity index (χ4v) is 3.99. The van der Waals surface area contributed by atoms with Crippen molar-refractivity contribution in [3.8, 4) is 0 Å². The third-order valence-corrected chi connectivity index (χ3v) is 4.68. The van der Waals surface area contributed by atoms with Gasteiger partial charge in [0.25, 0.3) is 0 Å². The van der Waals surface area contributed by atoms with Gasteiger partial charge in [-0.15, -0.1) is 0 Å². The molecule has 118 valence electrons. The lowest BCUT2D eigenvalue weighted by atomic mass is 9.78. The minimum absolute atomic E-state index is 0.385. The van der Waals surface area contributed by atoms with Gasteiger partial charge in [-0.1, -0.05) is 34.6 Å². The van der Waals surface area contributed by atoms with Gasteiger partial charge < -0.3 is 9.47 Å². The molecule has 2 fully saturated rings. The van der Waals surface area contributed by atoms with Crippen molar-refractivity contribution >= 4 is 0 Å². The Morgan fingerprint density at radius 1 is 0.850 bits per heavy atom. The molecule has 2 nitrogen and oxygen atoms in total. The molecular weight excluding hydrogens is 248 g/mol. The third-order valence-electron chi connectivity index (χ3n) is 4.68. The smallest absolute Gasteiger partial charge is 0.0585 e. The summed E-state index contributed by atoms with van der Waals surface area (Å²) in [5, 5.41) is 0. The van der Waals surface area contributed by atoms with E-state index in [1.165, 1.54) is 38.5 Å². The maximum atomic E-state index is 6.31. The number of hydrogen-bond donors (Lipinski definition) is 0. The Morgan fingerprint density at radius 2 is 1.50 bits per heavy atom. The van der Waals surface area contributed by atoms with E-state index in [9.17, 15) is 0 Å². The van der Waals surface area contributed by atoms with E-state index in [4.69, 9.17) is 9.47 Å². The largest absolute Gasteiger partial charge is 0.381 e. The summed E-state index contributed by atoms with van der Waals surface area (Å²) in [7, 11) is 0. The molecule has 0 amide bonds. The maximum Gasteiger partial charge on any atom is 0.0585 e. The molecule has 2 heterocycles. The van der Waals surface area contributed by atoms with E-state index >= 15 is 0 Å². The molecule has 0 saturated carbocycles. The molecule has 0 aromatic heterocycles. The summed E-state index contributed by atoms with van der Waals surface area (Å²) in [6, 6.07) is 0. The lowest BCUT2D eigenvalue weighted by Crippen LogP contribution is -2.25. The van der Waals surface area contributed by atoms with Gasteiger partial charge >= 0.3 is 0 Å². The van der Waals surface area contributed by atoms with Crippen molar-refractivity contribution in [2.45, 2.75) is 85.4 Å². The number of ether oxygens (including phenoxy) is 2. The molecule has 2 aliphatic rings. The van der Waals surface area contributed by atoms with Crippen LogP contribution in [0.25, 0.3) is 0 Å². The summed E-state index contributed by atoms with van der Waals surface area (Å²) in [6.45, 7) is 13.7. The van der Waals surface area contributed by atoms with Gasteiger partial charge in [-0.2, -0.15) is 0 Å². The molecule has 2 aliphatic heterocycles. The molecular formula is C18H34O2. The Labute approximate surface area is 125 Å². The summed E-state index contributed by atoms with van der Waals surface area (Å²) >= 11 is 0. The van der Waals surface area contributed by atoms with Crippen LogP contribution >= 0.6 is 0 Å². The summed E-state index contributed by atoms with van der Waals surface area (Å²) in [5.41, 5.74) is 0.774. The zero-order valence-corrected chi connectivity index (χ0v) is 14.2. The molecule has 0 aliphatic carbocycles. The Kier molecular flexibility index (Phi) is 5.18. The van der Waals surface area contributed by atoms with Crippen LogP contribution in [-0.4, -0.2) is 25.4 Å². The van der Waals surface area contributed by atoms with Crippen molar-refractivity contribution in [1.29, 1.82) is 0 Å². The van der Waals surface area contributed by atoms with Crippen LogP contribution in [0.5, 0.6) is 0 Å². The standard InChI is InChI=1S/C18H34O2/c1-17(2,3)11-15-6-7-16(20-15)12-18(4,5)10-14-8-9-19-13-14/h14-16H,6-13H2,1-5H3/t14-,15+,16?/m0/s1. The van der Waals surface area contributed by atoms with Gasteiger partial charge in [0.05, 0.1) is 12.2 Å². The third kappa shape index (κ3) is 5.37. The fraction of sp³-hybridized carbons (Fsp3) is 1.00. The normalized spacial score (nSPS) is 31.9. The zero-order valence-electron chi connectivity index (χ0n) is 14.2. The molecule has 20 heavy (non-hydrogen) atoms. The topological polar surface area (TPSA) is 18.5 Å². The second-order valence-electron chi connectivity index (χ2n) is 9.02. The van der Waals surface area contributed by atoms with Crippen LogP contribution in [0.3, 0.4) is 0 Å². The van der Waals surface area contributed by atoms with Gasteiger partial charge in [-0.05, 0) is 55.3 Å². The number of rotatable bonds is 5. The zero-order chi connectivity index (χ0) is 14.8. The van der Waals surface area contributed by atoms with Gasteiger partial charge in [-0.3, -0.25) is 0 Å². The molecule has 3 atom stereocenters. The molecule has 0 spiro atoms. The van der Waals surface area contributed by atoms with Crippen molar-refractivity contribution < 1.29 is 9.47 Å². The summed E-state index contributed by atoms with van der Waals surface area (Å²) in [4.78, 5) is 0. The van der Waals surface area contributed by atoms with Gasteiger partial charge in [0, 0.05) is 13.2 Å². The second-order valence-corrected chi connectivity index (χ2v) is 9.02. The minimum atomic E-state index is 0.385. The first-order valence-corrected chi connectivity index (χ1v) is 8.47. The van der Waals surface area contributed by atoms with E-state index in [0.29, 0.717) is 23.0 Å². The van der Waals surface area contributed by atoms with E-state index < -0.39 is 0 Å². The van der Waals surface area contributed by atoms with Gasteiger partial charge in [-0.25, -0.2) is 0 Å². The molecule has 0 N–H and O–H groups in total. The van der Waals surface area contributed by atoms with Crippen LogP contribution < -0.4 is 0 Å². The molecule has 0 bridgehead atoms. The summed E-state index contributed by atoms with van der Waals surface area (Å²) in [6.07, 6.45) is 8.43. The van der Waals surface area contributed by atoms with Crippen molar-refractivity contribution in [2.24, 2.45) is 16.7 Å². The Balaban J connectivity index is 1.75. The quantitative estimate of drug-likeness (QED) is 0.720. The van der Waals surface area contributed by atoms with Crippen LogP contribution in [0.2, 0.25) is 0 Å². The lowest BCUT2D eigenvalue weighted by molar-refractivity contribution is -0.00125. The highest BCUT2D eigenvalue weighted by atomic mass is 16.5. The van der Waals surface area contributed by atoms with Crippen LogP contribution in [-0.2, 0) is 9.47 Å². The monoisotopic (exact) mass is 282 g/mol. The van der Waals surface area contributed by atoms with Crippen molar-refractivity contribution in [2.75, 3.05) is 13.2 Å². The first kappa shape index (κ1) is 16.3. The van der Waals surface area contributed by atoms with Crippen LogP contribution in [0.15, 0.2) is 0 Å². The SMILES string of the molecule is CC(C)(C)C[C@H]1CCC(CC(C)(C)C[C@@H]2CCOC2)O1. The Bertz CT molecular complexity index is 297. The Hall–Kier alpha value is -0.0800. The minimum Gasteiger partial charge on any atom is -0.381 e. The van der Waals surface area contributed by atoms with Crippen molar-refractivity contribution in [3.05, 3.63) is 0 Å². The molecule has 1 unspecified atom stereocenters. The van der Waals surface area contributed by atoms with Crippen LogP contribution in [0.4, 0.5) is 0 Å². The predicted octanol–water partition coefficient (Wildman–Crippen LogP) is 4.81. The molecule has 2 saturated heterocycles. The highest BCUT2D eigenvalue weighted by Crippen LogP contribution is 2.39. The fourth-order valence-electron chi connectivity index (χ4n) is 3.99. The van der Waals surface area contributed by atoms with Crippen LogP contribution in [0.1, 0.15) is 73.1 Å². The van der Waals surface area contributed by atoms with Gasteiger partial charge in [0.1, 0.15) is 0 Å². The summed E-state index contributed by atoms with van der Waals surface area (Å²) in [5.74, 6) is 0.775. The maximum absolute atomic E-state index is 6.31. The first-order valence-electron chi connectivity index (χ1n) is 8.47. The second kappa shape index (κ2) is 6.36. The van der Waals surface area contributed by atoms with Crippen molar-refractivity contribution in [3.63, 3.8) is 0 Å². The van der Waals surface area contributed by atoms with Gasteiger partial charge in [0.2, 0.25) is 0 Å². The van der Waals surface area contributed by atoms with E-state index in [1.807, 2.05) is 0 Å². The van der Waals surface area contributed by atoms with Crippen molar-refractivity contribution in [1.82, 2.24) is 0 Å². The van der Waals surface area contributed by atoms with Gasteiger partial charge in [0.15, 0.2) is 0 Å². The number of hydrogen-bond acceptors (Lipinski definition) is 2.